The van der Waals surface area contributed by atoms with E-state index in [0.29, 0.717) is 0 Å². The van der Waals surface area contributed by atoms with Crippen molar-refractivity contribution in [2.45, 2.75) is 13.8 Å². The number of aromatic nitrogens is 4. The Bertz CT molecular complexity index is 922. The zero-order valence-electron chi connectivity index (χ0n) is 12.5. The van der Waals surface area contributed by atoms with Gasteiger partial charge < -0.3 is 9.97 Å². The molecule has 0 aliphatic carbocycles. The van der Waals surface area contributed by atoms with Crippen LogP contribution in [0.5, 0.6) is 0 Å². The average Bonchev–Trinajstić information content (AvgIpc) is 3.07. The Morgan fingerprint density at radius 1 is 0.727 bits per heavy atom. The van der Waals surface area contributed by atoms with E-state index in [-0.39, 0.29) is 0 Å². The zero-order valence-corrected chi connectivity index (χ0v) is 12.5. The first-order chi connectivity index (χ1) is 10.7. The summed E-state index contributed by atoms with van der Waals surface area (Å²) in [5, 5.41) is 0. The van der Waals surface area contributed by atoms with Crippen LogP contribution >= 0.6 is 0 Å². The van der Waals surface area contributed by atoms with Gasteiger partial charge in [0.15, 0.2) is 0 Å². The van der Waals surface area contributed by atoms with E-state index < -0.39 is 0 Å². The number of nitrogens with one attached hydrogen (secondary N) is 2. The molecule has 0 unspecified atom stereocenters. The topological polar surface area (TPSA) is 57.4 Å². The summed E-state index contributed by atoms with van der Waals surface area (Å²) < 4.78 is 0. The Balaban J connectivity index is 1.68. The first-order valence-corrected chi connectivity index (χ1v) is 7.28. The lowest BCUT2D eigenvalue weighted by Crippen LogP contribution is -1.76. The van der Waals surface area contributed by atoms with E-state index in [1.807, 2.05) is 24.3 Å². The molecule has 0 saturated heterocycles. The van der Waals surface area contributed by atoms with Gasteiger partial charge in [0.2, 0.25) is 0 Å². The molecular weight excluding hydrogens is 272 g/mol. The molecule has 0 bridgehead atoms. The highest BCUT2D eigenvalue weighted by Crippen LogP contribution is 2.16. The van der Waals surface area contributed by atoms with Crippen LogP contribution in [0.3, 0.4) is 0 Å². The van der Waals surface area contributed by atoms with E-state index in [1.54, 1.807) is 0 Å². The molecule has 22 heavy (non-hydrogen) atoms. The summed E-state index contributed by atoms with van der Waals surface area (Å²) in [5.41, 5.74) is 6.51. The Labute approximate surface area is 127 Å². The van der Waals surface area contributed by atoms with Crippen molar-refractivity contribution in [3.05, 3.63) is 59.2 Å². The van der Waals surface area contributed by atoms with Gasteiger partial charge in [0.05, 0.1) is 22.1 Å². The number of imidazole rings is 2. The molecule has 0 fully saturated rings. The number of aryl methyl sites for hydroxylation is 2. The van der Waals surface area contributed by atoms with Gasteiger partial charge in [-0.2, -0.15) is 0 Å². The second-order valence-electron chi connectivity index (χ2n) is 5.62. The molecule has 108 valence electrons. The minimum atomic E-state index is 0.831. The largest absolute Gasteiger partial charge is 0.338 e. The fourth-order valence-electron chi connectivity index (χ4n) is 2.60. The lowest BCUT2D eigenvalue weighted by Gasteiger charge is -1.89. The zero-order chi connectivity index (χ0) is 15.1. The van der Waals surface area contributed by atoms with Crippen molar-refractivity contribution in [3.8, 4) is 0 Å². The van der Waals surface area contributed by atoms with Gasteiger partial charge >= 0.3 is 0 Å². The van der Waals surface area contributed by atoms with Crippen molar-refractivity contribution in [3.63, 3.8) is 0 Å². The van der Waals surface area contributed by atoms with Crippen LogP contribution in [0.2, 0.25) is 0 Å². The maximum Gasteiger partial charge on any atom is 0.131 e. The number of fused-ring (bicyclic) bond motifs is 2. The van der Waals surface area contributed by atoms with Crippen molar-refractivity contribution in [1.82, 2.24) is 19.9 Å². The van der Waals surface area contributed by atoms with Gasteiger partial charge in [-0.05, 0) is 61.4 Å². The molecule has 4 rings (SSSR count). The molecule has 4 heteroatoms. The summed E-state index contributed by atoms with van der Waals surface area (Å²) in [6, 6.07) is 12.4. The minimum absolute atomic E-state index is 0.831. The van der Waals surface area contributed by atoms with Crippen LogP contribution in [-0.2, 0) is 0 Å². The number of aromatic amines is 2. The number of H-pyrrole nitrogens is 2. The fourth-order valence-corrected chi connectivity index (χ4v) is 2.60. The summed E-state index contributed by atoms with van der Waals surface area (Å²) in [6.45, 7) is 4.15. The molecule has 2 N–H and O–H groups in total. The van der Waals surface area contributed by atoms with Crippen LogP contribution in [0.15, 0.2) is 36.4 Å². The number of nitrogens with zero attached hydrogens (tertiary/aromatic N) is 2. The van der Waals surface area contributed by atoms with Gasteiger partial charge in [-0.25, -0.2) is 9.97 Å². The molecule has 0 saturated carbocycles. The summed E-state index contributed by atoms with van der Waals surface area (Å²) in [4.78, 5) is 15.7. The highest BCUT2D eigenvalue weighted by molar-refractivity contribution is 5.81. The van der Waals surface area contributed by atoms with Crippen molar-refractivity contribution < 1.29 is 0 Å². The average molecular weight is 288 g/mol. The van der Waals surface area contributed by atoms with Crippen molar-refractivity contribution >= 4 is 34.2 Å². The fraction of sp³-hybridized carbons (Fsp3) is 0.111. The predicted molar refractivity (Wildman–Crippen MR) is 90.6 cm³/mol. The molecular formula is C18H16N4. The minimum Gasteiger partial charge on any atom is -0.338 e. The van der Waals surface area contributed by atoms with E-state index in [1.165, 1.54) is 11.1 Å². The smallest absolute Gasteiger partial charge is 0.131 e. The molecule has 2 aromatic carbocycles. The molecule has 0 aliphatic rings. The summed E-state index contributed by atoms with van der Waals surface area (Å²) in [5.74, 6) is 1.66. The molecule has 0 atom stereocenters. The molecule has 0 radical (unpaired) electrons. The number of benzene rings is 2. The van der Waals surface area contributed by atoms with Gasteiger partial charge in [0.1, 0.15) is 11.6 Å². The summed E-state index contributed by atoms with van der Waals surface area (Å²) in [6.07, 6.45) is 3.89. The van der Waals surface area contributed by atoms with E-state index in [9.17, 15) is 0 Å². The normalized spacial score (nSPS) is 11.9. The van der Waals surface area contributed by atoms with Gasteiger partial charge in [0, 0.05) is 0 Å². The molecule has 0 amide bonds. The lowest BCUT2D eigenvalue weighted by molar-refractivity contribution is 1.27. The molecule has 4 nitrogen and oxygen atoms in total. The van der Waals surface area contributed by atoms with Gasteiger partial charge in [-0.1, -0.05) is 12.1 Å². The highest BCUT2D eigenvalue weighted by Gasteiger charge is 2.02. The van der Waals surface area contributed by atoms with Gasteiger partial charge in [0.25, 0.3) is 0 Å². The van der Waals surface area contributed by atoms with E-state index in [2.05, 4.69) is 58.0 Å². The van der Waals surface area contributed by atoms with Gasteiger partial charge in [-0.15, -0.1) is 0 Å². The number of hydrogen-bond acceptors (Lipinski definition) is 2. The standard InChI is InChI=1S/C18H16N4/c1-11-3-5-13-15(9-11)21-17(19-13)7-8-18-20-14-6-4-12(2)10-16(14)22-18/h3-10H,1-2H3,(H,19,21)(H,20,22)/b8-7-. The van der Waals surface area contributed by atoms with Crippen LogP contribution in [0.4, 0.5) is 0 Å². The lowest BCUT2D eigenvalue weighted by atomic mass is 10.2. The van der Waals surface area contributed by atoms with Crippen LogP contribution in [-0.4, -0.2) is 19.9 Å². The van der Waals surface area contributed by atoms with Crippen LogP contribution in [0.25, 0.3) is 34.2 Å². The first-order valence-electron chi connectivity index (χ1n) is 7.28. The quantitative estimate of drug-likeness (QED) is 0.580. The highest BCUT2D eigenvalue weighted by atomic mass is 14.9. The second-order valence-corrected chi connectivity index (χ2v) is 5.62. The van der Waals surface area contributed by atoms with Crippen LogP contribution in [0, 0.1) is 13.8 Å². The third kappa shape index (κ3) is 2.29. The van der Waals surface area contributed by atoms with Gasteiger partial charge in [-0.3, -0.25) is 0 Å². The van der Waals surface area contributed by atoms with E-state index >= 15 is 0 Å². The Morgan fingerprint density at radius 3 is 1.64 bits per heavy atom. The molecule has 0 spiro atoms. The van der Waals surface area contributed by atoms with Crippen molar-refractivity contribution in [2.24, 2.45) is 0 Å². The van der Waals surface area contributed by atoms with E-state index in [4.69, 9.17) is 0 Å². The molecule has 4 aromatic rings. The van der Waals surface area contributed by atoms with E-state index in [0.717, 1.165) is 33.7 Å². The van der Waals surface area contributed by atoms with Crippen LogP contribution < -0.4 is 0 Å². The maximum atomic E-state index is 4.55. The Hall–Kier alpha value is -2.88. The van der Waals surface area contributed by atoms with Crippen molar-refractivity contribution in [1.29, 1.82) is 0 Å². The Kier molecular flexibility index (Phi) is 2.82. The monoisotopic (exact) mass is 288 g/mol. The summed E-state index contributed by atoms with van der Waals surface area (Å²) in [7, 11) is 0. The van der Waals surface area contributed by atoms with Crippen LogP contribution in [0.1, 0.15) is 22.8 Å². The Morgan fingerprint density at radius 2 is 1.18 bits per heavy atom. The third-order valence-corrected chi connectivity index (χ3v) is 3.71. The molecule has 2 heterocycles. The first kappa shape index (κ1) is 12.8. The predicted octanol–water partition coefficient (Wildman–Crippen LogP) is 4.23. The SMILES string of the molecule is Cc1ccc2nc(/C=C\c3nc4ccc(C)cc4[nH]3)[nH]c2c1. The third-order valence-electron chi connectivity index (χ3n) is 3.71. The van der Waals surface area contributed by atoms with Crippen molar-refractivity contribution in [2.75, 3.05) is 0 Å². The maximum absolute atomic E-state index is 4.55. The number of hydrogen-bond donors (Lipinski definition) is 2. The molecule has 0 aliphatic heterocycles. The summed E-state index contributed by atoms with van der Waals surface area (Å²) >= 11 is 0. The second kappa shape index (κ2) is 4.84. The number of rotatable bonds is 2. The molecule has 2 aromatic heterocycles.